The van der Waals surface area contributed by atoms with E-state index >= 15 is 0 Å². The molecule has 0 unspecified atom stereocenters. The third-order valence-corrected chi connectivity index (χ3v) is 3.74. The van der Waals surface area contributed by atoms with Gasteiger partial charge in [0.05, 0.1) is 18.2 Å². The summed E-state index contributed by atoms with van der Waals surface area (Å²) in [6, 6.07) is 16.9. The minimum Gasteiger partial charge on any atom is -0.493 e. The van der Waals surface area contributed by atoms with Gasteiger partial charge in [0.15, 0.2) is 0 Å². The van der Waals surface area contributed by atoms with Gasteiger partial charge in [0.25, 0.3) is 0 Å². The van der Waals surface area contributed by atoms with Crippen molar-refractivity contribution in [2.45, 2.75) is 13.5 Å². The smallest absolute Gasteiger partial charge is 0.247 e. The zero-order valence-corrected chi connectivity index (χ0v) is 14.9. The molecule has 0 fully saturated rings. The van der Waals surface area contributed by atoms with E-state index in [-0.39, 0.29) is 5.91 Å². The van der Waals surface area contributed by atoms with Crippen molar-refractivity contribution in [2.75, 3.05) is 13.2 Å². The molecule has 0 saturated heterocycles. The number of para-hydroxylation sites is 1. The van der Waals surface area contributed by atoms with Crippen LogP contribution in [0.5, 0.6) is 5.75 Å². The Morgan fingerprint density at radius 3 is 2.62 bits per heavy atom. The van der Waals surface area contributed by atoms with Crippen LogP contribution in [0.15, 0.2) is 67.3 Å². The van der Waals surface area contributed by atoms with Gasteiger partial charge >= 0.3 is 0 Å². The Morgan fingerprint density at radius 2 is 1.96 bits per heavy atom. The van der Waals surface area contributed by atoms with Crippen molar-refractivity contribution < 1.29 is 9.53 Å². The molecule has 0 aliphatic rings. The Bertz CT molecular complexity index is 817. The van der Waals surface area contributed by atoms with Crippen molar-refractivity contribution >= 4 is 12.0 Å². The molecule has 0 bridgehead atoms. The van der Waals surface area contributed by atoms with Gasteiger partial charge in [-0.05, 0) is 36.8 Å². The lowest BCUT2D eigenvalue weighted by Gasteiger charge is -2.19. The van der Waals surface area contributed by atoms with Gasteiger partial charge in [-0.1, -0.05) is 36.4 Å². The lowest BCUT2D eigenvalue weighted by Crippen LogP contribution is -2.29. The largest absolute Gasteiger partial charge is 0.493 e. The maximum Gasteiger partial charge on any atom is 0.247 e. The molecule has 0 aliphatic carbocycles. The number of carbonyl (C=O) groups is 1. The highest BCUT2D eigenvalue weighted by atomic mass is 16.5. The molecule has 0 N–H and O–H groups in total. The van der Waals surface area contributed by atoms with Gasteiger partial charge in [0, 0.05) is 24.7 Å². The van der Waals surface area contributed by atoms with Crippen LogP contribution in [0.2, 0.25) is 0 Å². The zero-order valence-electron chi connectivity index (χ0n) is 14.9. The van der Waals surface area contributed by atoms with E-state index in [0.717, 1.165) is 16.9 Å². The normalized spacial score (nSPS) is 10.3. The molecule has 0 heterocycles. The first-order valence-corrected chi connectivity index (χ1v) is 8.46. The van der Waals surface area contributed by atoms with E-state index in [9.17, 15) is 4.79 Å². The van der Waals surface area contributed by atoms with Gasteiger partial charge in [-0.3, -0.25) is 4.79 Å². The monoisotopic (exact) mass is 346 g/mol. The molecule has 2 aromatic carbocycles. The SMILES string of the molecule is C=CCN(Cc1ccc(C#N)cc1)C(=O)/C=C/c1ccccc1OCC. The van der Waals surface area contributed by atoms with Gasteiger partial charge in [-0.15, -0.1) is 6.58 Å². The molecule has 4 heteroatoms. The first-order chi connectivity index (χ1) is 12.7. The van der Waals surface area contributed by atoms with Crippen LogP contribution in [0.25, 0.3) is 6.08 Å². The summed E-state index contributed by atoms with van der Waals surface area (Å²) in [4.78, 5) is 14.3. The second kappa shape index (κ2) is 9.85. The second-order valence-electron chi connectivity index (χ2n) is 5.62. The van der Waals surface area contributed by atoms with Gasteiger partial charge in [0.2, 0.25) is 5.91 Å². The predicted molar refractivity (Wildman–Crippen MR) is 103 cm³/mol. The van der Waals surface area contributed by atoms with Crippen LogP contribution in [-0.2, 0) is 11.3 Å². The summed E-state index contributed by atoms with van der Waals surface area (Å²) in [6.45, 7) is 7.12. The summed E-state index contributed by atoms with van der Waals surface area (Å²) in [5, 5.41) is 8.87. The van der Waals surface area contributed by atoms with Crippen LogP contribution in [0.4, 0.5) is 0 Å². The summed E-state index contributed by atoms with van der Waals surface area (Å²) in [6.07, 6.45) is 5.01. The molecule has 26 heavy (non-hydrogen) atoms. The highest BCUT2D eigenvalue weighted by molar-refractivity contribution is 5.92. The average Bonchev–Trinajstić information content (AvgIpc) is 2.67. The van der Waals surface area contributed by atoms with Crippen molar-refractivity contribution in [3.63, 3.8) is 0 Å². The van der Waals surface area contributed by atoms with E-state index in [2.05, 4.69) is 12.6 Å². The molecule has 4 nitrogen and oxygen atoms in total. The molecule has 0 atom stereocenters. The molecule has 0 saturated carbocycles. The average molecular weight is 346 g/mol. The lowest BCUT2D eigenvalue weighted by atomic mass is 10.1. The van der Waals surface area contributed by atoms with Gasteiger partial charge in [-0.25, -0.2) is 0 Å². The molecular formula is C22H22N2O2. The van der Waals surface area contributed by atoms with E-state index in [1.54, 1.807) is 35.3 Å². The van der Waals surface area contributed by atoms with Crippen molar-refractivity contribution in [2.24, 2.45) is 0 Å². The number of nitriles is 1. The van der Waals surface area contributed by atoms with Crippen molar-refractivity contribution in [1.29, 1.82) is 5.26 Å². The molecule has 2 rings (SSSR count). The molecule has 0 aromatic heterocycles. The summed E-state index contributed by atoms with van der Waals surface area (Å²) < 4.78 is 5.58. The van der Waals surface area contributed by atoms with Crippen LogP contribution in [0.3, 0.4) is 0 Å². The predicted octanol–water partition coefficient (Wildman–Crippen LogP) is 4.18. The topological polar surface area (TPSA) is 53.3 Å². The first kappa shape index (κ1) is 19.0. The molecule has 0 spiro atoms. The van der Waals surface area contributed by atoms with E-state index in [0.29, 0.717) is 25.3 Å². The minimum atomic E-state index is -0.111. The Labute approximate surface area is 154 Å². The maximum atomic E-state index is 12.6. The van der Waals surface area contributed by atoms with E-state index in [1.807, 2.05) is 43.3 Å². The lowest BCUT2D eigenvalue weighted by molar-refractivity contribution is -0.126. The molecule has 2 aromatic rings. The molecule has 0 aliphatic heterocycles. The fourth-order valence-corrected chi connectivity index (χ4v) is 2.47. The Kier molecular flexibility index (Phi) is 7.20. The standard InChI is InChI=1S/C22H22N2O2/c1-3-15-24(17-19-11-9-18(16-23)10-12-19)22(25)14-13-20-7-5-6-8-21(20)26-4-2/h3,5-14H,1,4,15,17H2,2H3/b14-13+. The summed E-state index contributed by atoms with van der Waals surface area (Å²) in [5.41, 5.74) is 2.42. The van der Waals surface area contributed by atoms with Crippen LogP contribution in [0, 0.1) is 11.3 Å². The van der Waals surface area contributed by atoms with Gasteiger partial charge < -0.3 is 9.64 Å². The molecular weight excluding hydrogens is 324 g/mol. The number of hydrogen-bond acceptors (Lipinski definition) is 3. The van der Waals surface area contributed by atoms with Crippen LogP contribution in [-0.4, -0.2) is 24.0 Å². The highest BCUT2D eigenvalue weighted by Crippen LogP contribution is 2.19. The van der Waals surface area contributed by atoms with Crippen LogP contribution in [0.1, 0.15) is 23.6 Å². The summed E-state index contributed by atoms with van der Waals surface area (Å²) in [5.74, 6) is 0.641. The van der Waals surface area contributed by atoms with Crippen molar-refractivity contribution in [3.05, 3.63) is 84.0 Å². The third kappa shape index (κ3) is 5.35. The van der Waals surface area contributed by atoms with Crippen LogP contribution >= 0.6 is 0 Å². The third-order valence-electron chi connectivity index (χ3n) is 3.74. The second-order valence-corrected chi connectivity index (χ2v) is 5.62. The number of benzene rings is 2. The van der Waals surface area contributed by atoms with E-state index in [1.165, 1.54) is 0 Å². The zero-order chi connectivity index (χ0) is 18.8. The Hall–Kier alpha value is -3.32. The van der Waals surface area contributed by atoms with Crippen molar-refractivity contribution in [1.82, 2.24) is 4.90 Å². The Balaban J connectivity index is 2.12. The maximum absolute atomic E-state index is 12.6. The van der Waals surface area contributed by atoms with Gasteiger partial charge in [-0.2, -0.15) is 5.26 Å². The summed E-state index contributed by atoms with van der Waals surface area (Å²) in [7, 11) is 0. The fourth-order valence-electron chi connectivity index (χ4n) is 2.47. The minimum absolute atomic E-state index is 0.111. The number of ether oxygens (including phenoxy) is 1. The van der Waals surface area contributed by atoms with E-state index < -0.39 is 0 Å². The van der Waals surface area contributed by atoms with Crippen LogP contribution < -0.4 is 4.74 Å². The number of hydrogen-bond donors (Lipinski definition) is 0. The first-order valence-electron chi connectivity index (χ1n) is 8.46. The quantitative estimate of drug-likeness (QED) is 0.532. The number of nitrogens with zero attached hydrogens (tertiary/aromatic N) is 2. The van der Waals surface area contributed by atoms with E-state index in [4.69, 9.17) is 10.00 Å². The fraction of sp³-hybridized carbons (Fsp3) is 0.182. The molecule has 1 amide bonds. The number of rotatable bonds is 8. The van der Waals surface area contributed by atoms with Crippen molar-refractivity contribution in [3.8, 4) is 11.8 Å². The summed E-state index contributed by atoms with van der Waals surface area (Å²) >= 11 is 0. The van der Waals surface area contributed by atoms with Gasteiger partial charge in [0.1, 0.15) is 5.75 Å². The highest BCUT2D eigenvalue weighted by Gasteiger charge is 2.10. The number of amides is 1. The number of carbonyl (C=O) groups excluding carboxylic acids is 1. The molecule has 0 radical (unpaired) electrons. The Morgan fingerprint density at radius 1 is 1.23 bits per heavy atom. The molecule has 132 valence electrons.